The van der Waals surface area contributed by atoms with Gasteiger partial charge in [0.25, 0.3) is 0 Å². The lowest BCUT2D eigenvalue weighted by Gasteiger charge is -2.13. The van der Waals surface area contributed by atoms with E-state index in [0.717, 1.165) is 11.1 Å². The Morgan fingerprint density at radius 1 is 1.04 bits per heavy atom. The Labute approximate surface area is 176 Å². The van der Waals surface area contributed by atoms with Gasteiger partial charge < -0.3 is 10.6 Å². The summed E-state index contributed by atoms with van der Waals surface area (Å²) in [7, 11) is -0.340. The van der Waals surface area contributed by atoms with Crippen molar-refractivity contribution in [2.75, 3.05) is 14.1 Å². The highest BCUT2D eigenvalue weighted by Crippen LogP contribution is 2.14. The highest BCUT2D eigenvalue weighted by atomic mass is 127. The van der Waals surface area contributed by atoms with Crippen LogP contribution in [0.1, 0.15) is 11.1 Å². The SMILES string of the molecule is CN=C(NCc1ccc(S(=O)(=O)NC)cc1)NCc1ccccc1Cl.I. The summed E-state index contributed by atoms with van der Waals surface area (Å²) in [5, 5.41) is 7.07. The van der Waals surface area contributed by atoms with Gasteiger partial charge in [0.1, 0.15) is 0 Å². The molecule has 0 amide bonds. The van der Waals surface area contributed by atoms with Gasteiger partial charge >= 0.3 is 0 Å². The van der Waals surface area contributed by atoms with Gasteiger partial charge in [0, 0.05) is 25.2 Å². The fourth-order valence-electron chi connectivity index (χ4n) is 2.13. The van der Waals surface area contributed by atoms with Crippen molar-refractivity contribution < 1.29 is 8.42 Å². The summed E-state index contributed by atoms with van der Waals surface area (Å²) in [6.45, 7) is 1.07. The molecule has 6 nitrogen and oxygen atoms in total. The number of rotatable bonds is 6. The van der Waals surface area contributed by atoms with Crippen LogP contribution in [0.25, 0.3) is 0 Å². The zero-order valence-corrected chi connectivity index (χ0v) is 18.4. The van der Waals surface area contributed by atoms with Crippen LogP contribution >= 0.6 is 35.6 Å². The zero-order chi connectivity index (χ0) is 18.3. The topological polar surface area (TPSA) is 82.6 Å². The minimum atomic E-state index is -3.41. The number of benzene rings is 2. The fourth-order valence-corrected chi connectivity index (χ4v) is 3.06. The molecule has 2 aromatic carbocycles. The zero-order valence-electron chi connectivity index (χ0n) is 14.5. The van der Waals surface area contributed by atoms with E-state index in [0.29, 0.717) is 24.1 Å². The van der Waals surface area contributed by atoms with Crippen molar-refractivity contribution >= 4 is 51.6 Å². The minimum Gasteiger partial charge on any atom is -0.352 e. The van der Waals surface area contributed by atoms with Crippen LogP contribution in [0.3, 0.4) is 0 Å². The lowest BCUT2D eigenvalue weighted by molar-refractivity contribution is 0.588. The molecule has 26 heavy (non-hydrogen) atoms. The third kappa shape index (κ3) is 6.42. The first kappa shape index (κ1) is 22.7. The van der Waals surface area contributed by atoms with E-state index in [1.807, 2.05) is 24.3 Å². The van der Waals surface area contributed by atoms with E-state index in [-0.39, 0.29) is 28.9 Å². The molecule has 0 atom stereocenters. The van der Waals surface area contributed by atoms with E-state index in [4.69, 9.17) is 11.6 Å². The van der Waals surface area contributed by atoms with Gasteiger partial charge in [0.2, 0.25) is 10.0 Å². The second-order valence-electron chi connectivity index (χ2n) is 5.22. The number of guanidine groups is 1. The van der Waals surface area contributed by atoms with Crippen molar-refractivity contribution in [2.24, 2.45) is 4.99 Å². The standard InChI is InChI=1S/C17H21ClN4O2S.HI/c1-19-17(22-12-14-5-3-4-6-16(14)18)21-11-13-7-9-15(10-8-13)25(23,24)20-2;/h3-10,20H,11-12H2,1-2H3,(H2,19,21,22);1H. The average Bonchev–Trinajstić information content (AvgIpc) is 2.63. The second kappa shape index (κ2) is 10.7. The van der Waals surface area contributed by atoms with Gasteiger partial charge in [-0.25, -0.2) is 13.1 Å². The van der Waals surface area contributed by atoms with Crippen molar-refractivity contribution in [3.63, 3.8) is 0 Å². The summed E-state index contributed by atoms with van der Waals surface area (Å²) in [5.74, 6) is 0.631. The van der Waals surface area contributed by atoms with Crippen LogP contribution in [-0.2, 0) is 23.1 Å². The number of hydrogen-bond acceptors (Lipinski definition) is 3. The van der Waals surface area contributed by atoms with Crippen LogP contribution in [0.2, 0.25) is 5.02 Å². The molecule has 0 heterocycles. The maximum Gasteiger partial charge on any atom is 0.240 e. The van der Waals surface area contributed by atoms with Crippen LogP contribution in [0.15, 0.2) is 58.4 Å². The number of sulfonamides is 1. The second-order valence-corrected chi connectivity index (χ2v) is 7.52. The Hall–Kier alpha value is -1.36. The first-order chi connectivity index (χ1) is 12.0. The third-order valence-electron chi connectivity index (χ3n) is 3.59. The van der Waals surface area contributed by atoms with Gasteiger partial charge in [-0.2, -0.15) is 0 Å². The van der Waals surface area contributed by atoms with Crippen molar-refractivity contribution in [1.29, 1.82) is 0 Å². The molecule has 2 aromatic rings. The van der Waals surface area contributed by atoms with Crippen LogP contribution in [-0.4, -0.2) is 28.5 Å². The molecule has 9 heteroatoms. The van der Waals surface area contributed by atoms with Gasteiger partial charge in [0.05, 0.1) is 4.90 Å². The Bertz CT molecular complexity index is 842. The van der Waals surface area contributed by atoms with Gasteiger partial charge in [-0.1, -0.05) is 41.9 Å². The maximum atomic E-state index is 11.7. The summed E-state index contributed by atoms with van der Waals surface area (Å²) in [5.41, 5.74) is 1.92. The molecular formula is C17H22ClIN4O2S. The molecule has 0 aliphatic rings. The first-order valence-electron chi connectivity index (χ1n) is 7.66. The third-order valence-corrected chi connectivity index (χ3v) is 5.39. The van der Waals surface area contributed by atoms with E-state index in [1.54, 1.807) is 31.3 Å². The maximum absolute atomic E-state index is 11.7. The van der Waals surface area contributed by atoms with Crippen molar-refractivity contribution in [3.8, 4) is 0 Å². The molecule has 0 radical (unpaired) electrons. The van der Waals surface area contributed by atoms with E-state index < -0.39 is 10.0 Å². The van der Waals surface area contributed by atoms with Crippen molar-refractivity contribution in [3.05, 3.63) is 64.7 Å². The van der Waals surface area contributed by atoms with Crippen molar-refractivity contribution in [2.45, 2.75) is 18.0 Å². The van der Waals surface area contributed by atoms with Crippen LogP contribution in [0, 0.1) is 0 Å². The summed E-state index contributed by atoms with van der Waals surface area (Å²) < 4.78 is 25.7. The molecule has 0 fully saturated rings. The molecule has 0 aliphatic carbocycles. The molecule has 0 aliphatic heterocycles. The summed E-state index contributed by atoms with van der Waals surface area (Å²) in [4.78, 5) is 4.40. The molecule has 2 rings (SSSR count). The monoisotopic (exact) mass is 508 g/mol. The molecule has 142 valence electrons. The smallest absolute Gasteiger partial charge is 0.240 e. The molecular weight excluding hydrogens is 487 g/mol. The van der Waals surface area contributed by atoms with Gasteiger partial charge in [0.15, 0.2) is 5.96 Å². The minimum absolute atomic E-state index is 0. The summed E-state index contributed by atoms with van der Waals surface area (Å²) in [6, 6.07) is 14.3. The molecule has 0 unspecified atom stereocenters. The Morgan fingerprint density at radius 2 is 1.65 bits per heavy atom. The van der Waals surface area contributed by atoms with Gasteiger partial charge in [-0.05, 0) is 36.4 Å². The number of aliphatic imine (C=N–C) groups is 1. The van der Waals surface area contributed by atoms with Crippen LogP contribution < -0.4 is 15.4 Å². The lowest BCUT2D eigenvalue weighted by atomic mass is 10.2. The Kier molecular flexibility index (Phi) is 9.34. The fraction of sp³-hybridized carbons (Fsp3) is 0.235. The van der Waals surface area contributed by atoms with Crippen molar-refractivity contribution in [1.82, 2.24) is 15.4 Å². The number of nitrogens with zero attached hydrogens (tertiary/aromatic N) is 1. The predicted octanol–water partition coefficient (Wildman–Crippen LogP) is 2.73. The molecule has 0 aromatic heterocycles. The van der Waals surface area contributed by atoms with Crippen LogP contribution in [0.5, 0.6) is 0 Å². The highest BCUT2D eigenvalue weighted by molar-refractivity contribution is 14.0. The van der Waals surface area contributed by atoms with Crippen LogP contribution in [0.4, 0.5) is 0 Å². The largest absolute Gasteiger partial charge is 0.352 e. The van der Waals surface area contributed by atoms with E-state index >= 15 is 0 Å². The normalized spacial score (nSPS) is 11.6. The Morgan fingerprint density at radius 3 is 2.23 bits per heavy atom. The number of hydrogen-bond donors (Lipinski definition) is 3. The molecule has 0 saturated carbocycles. The van der Waals surface area contributed by atoms with Gasteiger partial charge in [-0.3, -0.25) is 4.99 Å². The summed E-state index contributed by atoms with van der Waals surface area (Å²) in [6.07, 6.45) is 0. The lowest BCUT2D eigenvalue weighted by Crippen LogP contribution is -2.36. The molecule has 0 saturated heterocycles. The number of halogens is 2. The van der Waals surface area contributed by atoms with Gasteiger partial charge in [-0.15, -0.1) is 24.0 Å². The Balaban J connectivity index is 0.00000338. The molecule has 0 bridgehead atoms. The van der Waals surface area contributed by atoms with E-state index in [2.05, 4.69) is 20.3 Å². The highest BCUT2D eigenvalue weighted by Gasteiger charge is 2.10. The van der Waals surface area contributed by atoms with E-state index in [9.17, 15) is 8.42 Å². The summed E-state index contributed by atoms with van der Waals surface area (Å²) >= 11 is 6.13. The number of nitrogens with one attached hydrogen (secondary N) is 3. The molecule has 0 spiro atoms. The first-order valence-corrected chi connectivity index (χ1v) is 9.53. The average molecular weight is 509 g/mol. The molecule has 3 N–H and O–H groups in total. The van der Waals surface area contributed by atoms with E-state index in [1.165, 1.54) is 7.05 Å². The quantitative estimate of drug-likeness (QED) is 0.318. The predicted molar refractivity (Wildman–Crippen MR) is 117 cm³/mol.